The van der Waals surface area contributed by atoms with Crippen molar-refractivity contribution in [2.45, 2.75) is 46.0 Å². The molecule has 0 nitrogen and oxygen atoms in total. The normalized spacial score (nSPS) is 10.9. The van der Waals surface area contributed by atoms with E-state index in [1.54, 1.807) is 0 Å². The fraction of sp³-hybridized carbons (Fsp3) is 0.778. The van der Waals surface area contributed by atoms with Gasteiger partial charge in [0.25, 0.3) is 0 Å². The molecule has 0 unspecified atom stereocenters. The molecule has 0 aliphatic rings. The van der Waals surface area contributed by atoms with E-state index in [1.807, 2.05) is 6.92 Å². The van der Waals surface area contributed by atoms with Gasteiger partial charge in [-0.1, -0.05) is 38.3 Å². The van der Waals surface area contributed by atoms with Gasteiger partial charge < -0.3 is 0 Å². The first-order valence-electron chi connectivity index (χ1n) is 3.90. The quantitative estimate of drug-likeness (QED) is 0.494. The van der Waals surface area contributed by atoms with Crippen LogP contribution in [0.5, 0.6) is 0 Å². The summed E-state index contributed by atoms with van der Waals surface area (Å²) in [4.78, 5) is 0. The Bertz CT molecular complexity index is 62.4. The van der Waals surface area contributed by atoms with Gasteiger partial charge in [0.05, 0.1) is 0 Å². The second-order valence-electron chi connectivity index (χ2n) is 2.34. The molecule has 0 heterocycles. The van der Waals surface area contributed by atoms with Crippen molar-refractivity contribution < 1.29 is 0 Å². The van der Waals surface area contributed by atoms with Gasteiger partial charge in [-0.2, -0.15) is 0 Å². The average Bonchev–Trinajstić information content (AvgIpc) is 1.89. The lowest BCUT2D eigenvalue weighted by molar-refractivity contribution is 0.674. The lowest BCUT2D eigenvalue weighted by Gasteiger charge is -1.92. The van der Waals surface area contributed by atoms with Gasteiger partial charge in [-0.15, -0.1) is 0 Å². The van der Waals surface area contributed by atoms with Crippen molar-refractivity contribution in [1.29, 1.82) is 0 Å². The molecule has 0 N–H and O–H groups in total. The first-order valence-corrected chi connectivity index (χ1v) is 3.90. The highest BCUT2D eigenvalue weighted by Crippen LogP contribution is 2.01. The second-order valence-corrected chi connectivity index (χ2v) is 2.34. The van der Waals surface area contributed by atoms with E-state index in [2.05, 4.69) is 19.1 Å². The number of allylic oxidation sites excluding steroid dienone is 2. The molecule has 0 fully saturated rings. The highest BCUT2D eigenvalue weighted by atomic mass is 13.9. The topological polar surface area (TPSA) is 0 Å². The fourth-order valence-corrected chi connectivity index (χ4v) is 0.818. The minimum atomic E-state index is 1.22. The molecule has 53 valence electrons. The van der Waals surface area contributed by atoms with Crippen LogP contribution >= 0.6 is 0 Å². The van der Waals surface area contributed by atoms with Crippen LogP contribution in [0.1, 0.15) is 46.0 Å². The predicted octanol–water partition coefficient (Wildman–Crippen LogP) is 3.34. The molecule has 0 aromatic heterocycles. The predicted molar refractivity (Wildman–Crippen MR) is 42.2 cm³/mol. The Kier molecular flexibility index (Phi) is 7.52. The molecule has 0 spiro atoms. The molecule has 0 saturated heterocycles. The SMILES string of the molecule is C/[C]=C/CCCCCC. The smallest absolute Gasteiger partial charge is 0.0345 e. The maximum Gasteiger partial charge on any atom is -0.0345 e. The van der Waals surface area contributed by atoms with Gasteiger partial charge in [0, 0.05) is 0 Å². The Labute approximate surface area is 59.0 Å². The summed E-state index contributed by atoms with van der Waals surface area (Å²) in [5.74, 6) is 0. The first-order chi connectivity index (χ1) is 4.41. The molecule has 0 aliphatic heterocycles. The van der Waals surface area contributed by atoms with E-state index >= 15 is 0 Å². The molecule has 0 rings (SSSR count). The summed E-state index contributed by atoms with van der Waals surface area (Å²) in [6.45, 7) is 4.20. The Morgan fingerprint density at radius 2 is 2.00 bits per heavy atom. The molecule has 9 heavy (non-hydrogen) atoms. The molecule has 0 aromatic carbocycles. The highest BCUT2D eigenvalue weighted by molar-refractivity contribution is 4.68. The lowest BCUT2D eigenvalue weighted by Crippen LogP contribution is -1.72. The standard InChI is InChI=1S/C9H17/c1-3-5-7-9-8-6-4-2/h6H,3,5,7-9H2,1-2H3. The van der Waals surface area contributed by atoms with Crippen molar-refractivity contribution in [3.8, 4) is 0 Å². The second kappa shape index (κ2) is 7.74. The van der Waals surface area contributed by atoms with Gasteiger partial charge in [-0.3, -0.25) is 0 Å². The van der Waals surface area contributed by atoms with Crippen molar-refractivity contribution in [3.05, 3.63) is 12.2 Å². The largest absolute Gasteiger partial charge is 0.0813 e. The molecule has 0 amide bonds. The lowest BCUT2D eigenvalue weighted by atomic mass is 10.1. The maximum atomic E-state index is 3.02. The summed E-state index contributed by atoms with van der Waals surface area (Å²) in [7, 11) is 0. The summed E-state index contributed by atoms with van der Waals surface area (Å²) in [6, 6.07) is 0. The summed E-state index contributed by atoms with van der Waals surface area (Å²) >= 11 is 0. The van der Waals surface area contributed by atoms with Crippen LogP contribution in [0.3, 0.4) is 0 Å². The van der Waals surface area contributed by atoms with E-state index in [9.17, 15) is 0 Å². The van der Waals surface area contributed by atoms with Crippen LogP contribution in [0.2, 0.25) is 0 Å². The van der Waals surface area contributed by atoms with E-state index in [4.69, 9.17) is 0 Å². The van der Waals surface area contributed by atoms with Crippen LogP contribution in [0.15, 0.2) is 6.08 Å². The molecule has 0 heteroatoms. The summed E-state index contributed by atoms with van der Waals surface area (Å²) in [6.07, 6.45) is 11.8. The number of rotatable bonds is 5. The zero-order valence-electron chi connectivity index (χ0n) is 6.61. The van der Waals surface area contributed by atoms with Crippen molar-refractivity contribution in [2.24, 2.45) is 0 Å². The van der Waals surface area contributed by atoms with Crippen LogP contribution in [-0.4, -0.2) is 0 Å². The monoisotopic (exact) mass is 125 g/mol. The highest BCUT2D eigenvalue weighted by Gasteiger charge is 1.82. The molecule has 0 aliphatic carbocycles. The molecular weight excluding hydrogens is 108 g/mol. The van der Waals surface area contributed by atoms with Crippen LogP contribution in [-0.2, 0) is 0 Å². The van der Waals surface area contributed by atoms with Gasteiger partial charge in [-0.05, 0) is 19.8 Å². The Balaban J connectivity index is 2.75. The van der Waals surface area contributed by atoms with Crippen LogP contribution in [0.25, 0.3) is 0 Å². The first kappa shape index (κ1) is 8.74. The Morgan fingerprint density at radius 1 is 1.22 bits per heavy atom. The molecule has 0 aromatic rings. The number of hydrogen-bond acceptors (Lipinski definition) is 0. The molecule has 0 saturated carbocycles. The van der Waals surface area contributed by atoms with Gasteiger partial charge >= 0.3 is 0 Å². The molecular formula is C9H17. The summed E-state index contributed by atoms with van der Waals surface area (Å²) < 4.78 is 0. The van der Waals surface area contributed by atoms with Crippen molar-refractivity contribution >= 4 is 0 Å². The van der Waals surface area contributed by atoms with Crippen LogP contribution < -0.4 is 0 Å². The molecule has 0 bridgehead atoms. The van der Waals surface area contributed by atoms with Gasteiger partial charge in [0.2, 0.25) is 0 Å². The molecule has 1 radical (unpaired) electrons. The number of unbranched alkanes of at least 4 members (excludes halogenated alkanes) is 4. The zero-order chi connectivity index (χ0) is 6.95. The van der Waals surface area contributed by atoms with Crippen LogP contribution in [0.4, 0.5) is 0 Å². The van der Waals surface area contributed by atoms with E-state index < -0.39 is 0 Å². The van der Waals surface area contributed by atoms with Crippen molar-refractivity contribution in [2.75, 3.05) is 0 Å². The summed E-state index contributed by atoms with van der Waals surface area (Å²) in [5.41, 5.74) is 0. The van der Waals surface area contributed by atoms with Crippen LogP contribution in [0, 0.1) is 6.08 Å². The Hall–Kier alpha value is -0.260. The van der Waals surface area contributed by atoms with Crippen molar-refractivity contribution in [1.82, 2.24) is 0 Å². The summed E-state index contributed by atoms with van der Waals surface area (Å²) in [5, 5.41) is 0. The van der Waals surface area contributed by atoms with Gasteiger partial charge in [-0.25, -0.2) is 0 Å². The zero-order valence-corrected chi connectivity index (χ0v) is 6.61. The van der Waals surface area contributed by atoms with E-state index in [-0.39, 0.29) is 0 Å². The maximum absolute atomic E-state index is 3.02. The minimum Gasteiger partial charge on any atom is -0.0813 e. The van der Waals surface area contributed by atoms with E-state index in [0.29, 0.717) is 0 Å². The Morgan fingerprint density at radius 3 is 2.56 bits per heavy atom. The minimum absolute atomic E-state index is 1.22. The third-order valence-electron chi connectivity index (χ3n) is 1.41. The fourth-order valence-electron chi connectivity index (χ4n) is 0.818. The third kappa shape index (κ3) is 7.74. The van der Waals surface area contributed by atoms with Crippen molar-refractivity contribution in [3.63, 3.8) is 0 Å². The van der Waals surface area contributed by atoms with E-state index in [1.165, 1.54) is 32.1 Å². The van der Waals surface area contributed by atoms with Gasteiger partial charge in [0.1, 0.15) is 0 Å². The third-order valence-corrected chi connectivity index (χ3v) is 1.41. The van der Waals surface area contributed by atoms with E-state index in [0.717, 1.165) is 0 Å². The number of hydrogen-bond donors (Lipinski definition) is 0. The average molecular weight is 125 g/mol. The van der Waals surface area contributed by atoms with Gasteiger partial charge in [0.15, 0.2) is 0 Å². The molecule has 0 atom stereocenters.